The molecule has 1 aliphatic heterocycles. The highest BCUT2D eigenvalue weighted by atomic mass is 16.3. The molecule has 7 nitrogen and oxygen atoms in total. The lowest BCUT2D eigenvalue weighted by Crippen LogP contribution is -2.53. The topological polar surface area (TPSA) is 84.6 Å². The number of hydrogen-bond acceptors (Lipinski definition) is 4. The summed E-state index contributed by atoms with van der Waals surface area (Å²) in [7, 11) is 0. The molecule has 33 heavy (non-hydrogen) atoms. The predicted octanol–water partition coefficient (Wildman–Crippen LogP) is 4.50. The van der Waals surface area contributed by atoms with E-state index in [1.54, 1.807) is 18.2 Å². The number of nitrogens with one attached hydrogen (secondary N) is 1. The van der Waals surface area contributed by atoms with Gasteiger partial charge < -0.3 is 8.98 Å². The molecule has 7 heteroatoms. The minimum atomic E-state index is -0.764. The molecule has 0 unspecified atom stereocenters. The zero-order valence-corrected chi connectivity index (χ0v) is 18.2. The fraction of sp³-hybridized carbons (Fsp3) is 0.115. The van der Waals surface area contributed by atoms with Crippen LogP contribution in [-0.4, -0.2) is 27.3 Å². The van der Waals surface area contributed by atoms with Gasteiger partial charge >= 0.3 is 6.03 Å². The van der Waals surface area contributed by atoms with E-state index in [1.807, 2.05) is 44.2 Å². The Labute approximate surface area is 189 Å². The van der Waals surface area contributed by atoms with Crippen LogP contribution in [0.3, 0.4) is 0 Å². The first-order chi connectivity index (χ1) is 15.9. The number of benzene rings is 2. The third kappa shape index (κ3) is 3.53. The number of hydrogen-bond donors (Lipinski definition) is 1. The number of urea groups is 1. The third-order valence-electron chi connectivity index (χ3n) is 5.86. The maximum atomic E-state index is 13.1. The van der Waals surface area contributed by atoms with Gasteiger partial charge in [0.05, 0.1) is 18.5 Å². The number of carbonyl (C=O) groups is 3. The van der Waals surface area contributed by atoms with Crippen molar-refractivity contribution in [2.75, 3.05) is 0 Å². The van der Waals surface area contributed by atoms with Crippen molar-refractivity contribution in [3.8, 4) is 5.69 Å². The second-order valence-electron chi connectivity index (χ2n) is 7.95. The summed E-state index contributed by atoms with van der Waals surface area (Å²) in [6.07, 6.45) is 3.01. The van der Waals surface area contributed by atoms with Gasteiger partial charge in [0, 0.05) is 16.8 Å². The maximum Gasteiger partial charge on any atom is 0.331 e. The summed E-state index contributed by atoms with van der Waals surface area (Å²) in [6, 6.07) is 18.7. The molecule has 0 spiro atoms. The molecule has 2 aromatic heterocycles. The molecule has 1 fully saturated rings. The van der Waals surface area contributed by atoms with Crippen LogP contribution >= 0.6 is 0 Å². The van der Waals surface area contributed by atoms with Gasteiger partial charge in [-0.05, 0) is 55.1 Å². The zero-order valence-electron chi connectivity index (χ0n) is 18.2. The minimum absolute atomic E-state index is 0.0582. The molecule has 4 aromatic rings. The quantitative estimate of drug-likeness (QED) is 0.375. The van der Waals surface area contributed by atoms with Gasteiger partial charge in [-0.2, -0.15) is 0 Å². The van der Waals surface area contributed by atoms with Gasteiger partial charge in [-0.15, -0.1) is 0 Å². The largest absolute Gasteiger partial charge is 0.467 e. The average Bonchev–Trinajstić information content (AvgIpc) is 3.41. The van der Waals surface area contributed by atoms with Crippen LogP contribution < -0.4 is 5.32 Å². The number of furan rings is 1. The number of carbonyl (C=O) groups excluding carboxylic acids is 3. The van der Waals surface area contributed by atoms with Crippen molar-refractivity contribution in [2.45, 2.75) is 20.4 Å². The second-order valence-corrected chi connectivity index (χ2v) is 7.95. The van der Waals surface area contributed by atoms with E-state index in [9.17, 15) is 14.4 Å². The monoisotopic (exact) mass is 439 g/mol. The smallest absolute Gasteiger partial charge is 0.331 e. The number of aromatic nitrogens is 1. The van der Waals surface area contributed by atoms with Crippen molar-refractivity contribution < 1.29 is 18.8 Å². The zero-order chi connectivity index (χ0) is 23.1. The van der Waals surface area contributed by atoms with Crippen LogP contribution in [0.4, 0.5) is 4.79 Å². The first kappa shape index (κ1) is 20.5. The van der Waals surface area contributed by atoms with E-state index in [2.05, 4.69) is 28.1 Å². The van der Waals surface area contributed by atoms with E-state index < -0.39 is 17.8 Å². The summed E-state index contributed by atoms with van der Waals surface area (Å²) in [4.78, 5) is 38.8. The van der Waals surface area contributed by atoms with Gasteiger partial charge in [-0.3, -0.25) is 19.8 Å². The number of barbiturate groups is 1. The predicted molar refractivity (Wildman–Crippen MR) is 124 cm³/mol. The molecule has 1 N–H and O–H groups in total. The van der Waals surface area contributed by atoms with Crippen molar-refractivity contribution in [1.29, 1.82) is 0 Å². The Morgan fingerprint density at radius 3 is 2.55 bits per heavy atom. The summed E-state index contributed by atoms with van der Waals surface area (Å²) in [5.74, 6) is -0.924. The Morgan fingerprint density at radius 2 is 1.76 bits per heavy atom. The van der Waals surface area contributed by atoms with Gasteiger partial charge in [0.25, 0.3) is 11.8 Å². The standard InChI is InChI=1S/C26H21N3O4/c1-16-13-19(17(2)29(16)23-11-5-8-18-7-3-4-10-21(18)23)14-22-24(30)27-26(32)28(25(22)31)15-20-9-6-12-33-20/h3-14H,15H2,1-2H3,(H,27,30,32)/b22-14-. The summed E-state index contributed by atoms with van der Waals surface area (Å²) >= 11 is 0. The van der Waals surface area contributed by atoms with Crippen LogP contribution in [-0.2, 0) is 16.1 Å². The van der Waals surface area contributed by atoms with Gasteiger partial charge in [0.2, 0.25) is 0 Å². The number of rotatable bonds is 4. The Hall–Kier alpha value is -4.39. The summed E-state index contributed by atoms with van der Waals surface area (Å²) in [6.45, 7) is 3.86. The van der Waals surface area contributed by atoms with E-state index >= 15 is 0 Å². The molecular formula is C26H21N3O4. The van der Waals surface area contributed by atoms with Crippen molar-refractivity contribution in [2.24, 2.45) is 0 Å². The number of fused-ring (bicyclic) bond motifs is 1. The lowest BCUT2D eigenvalue weighted by Gasteiger charge is -2.25. The van der Waals surface area contributed by atoms with E-state index in [4.69, 9.17) is 4.42 Å². The normalized spacial score (nSPS) is 15.5. The molecule has 0 atom stereocenters. The molecule has 1 saturated heterocycles. The SMILES string of the molecule is Cc1cc(/C=C2/C(=O)NC(=O)N(Cc3ccco3)C2=O)c(C)n1-c1cccc2ccccc12. The minimum Gasteiger partial charge on any atom is -0.467 e. The highest BCUT2D eigenvalue weighted by molar-refractivity contribution is 6.31. The number of amides is 4. The van der Waals surface area contributed by atoms with Gasteiger partial charge in [-0.25, -0.2) is 4.79 Å². The fourth-order valence-electron chi connectivity index (χ4n) is 4.26. The molecule has 0 saturated carbocycles. The number of aryl methyl sites for hydroxylation is 1. The molecule has 164 valence electrons. The molecule has 0 aliphatic carbocycles. The van der Waals surface area contributed by atoms with Gasteiger partial charge in [0.1, 0.15) is 11.3 Å². The van der Waals surface area contributed by atoms with Crippen molar-refractivity contribution in [3.05, 3.63) is 95.2 Å². The van der Waals surface area contributed by atoms with Gasteiger partial charge in [-0.1, -0.05) is 36.4 Å². The van der Waals surface area contributed by atoms with E-state index in [0.717, 1.165) is 38.3 Å². The highest BCUT2D eigenvalue weighted by Crippen LogP contribution is 2.29. The van der Waals surface area contributed by atoms with Crippen LogP contribution in [0.5, 0.6) is 0 Å². The van der Waals surface area contributed by atoms with E-state index in [1.165, 1.54) is 6.26 Å². The molecule has 4 amide bonds. The first-order valence-electron chi connectivity index (χ1n) is 10.5. The first-order valence-corrected chi connectivity index (χ1v) is 10.5. The van der Waals surface area contributed by atoms with Crippen LogP contribution in [0.15, 0.2) is 76.9 Å². The van der Waals surface area contributed by atoms with Crippen LogP contribution in [0.25, 0.3) is 22.5 Å². The third-order valence-corrected chi connectivity index (χ3v) is 5.86. The molecular weight excluding hydrogens is 418 g/mol. The molecule has 5 rings (SSSR count). The Bertz CT molecular complexity index is 1440. The summed E-state index contributed by atoms with van der Waals surface area (Å²) in [5.41, 5.74) is 3.49. The summed E-state index contributed by atoms with van der Waals surface area (Å²) in [5, 5.41) is 4.47. The average molecular weight is 439 g/mol. The van der Waals surface area contributed by atoms with E-state index in [-0.39, 0.29) is 12.1 Å². The molecule has 3 heterocycles. The van der Waals surface area contributed by atoms with Crippen molar-refractivity contribution in [3.63, 3.8) is 0 Å². The second kappa shape index (κ2) is 7.94. The lowest BCUT2D eigenvalue weighted by atomic mass is 10.1. The maximum absolute atomic E-state index is 13.1. The Kier molecular flexibility index (Phi) is 4.94. The van der Waals surface area contributed by atoms with Crippen LogP contribution in [0, 0.1) is 13.8 Å². The lowest BCUT2D eigenvalue weighted by molar-refractivity contribution is -0.130. The Morgan fingerprint density at radius 1 is 0.970 bits per heavy atom. The van der Waals surface area contributed by atoms with Crippen LogP contribution in [0.2, 0.25) is 0 Å². The van der Waals surface area contributed by atoms with Crippen molar-refractivity contribution >= 4 is 34.7 Å². The van der Waals surface area contributed by atoms with Gasteiger partial charge in [0.15, 0.2) is 0 Å². The molecule has 2 aromatic carbocycles. The fourth-order valence-corrected chi connectivity index (χ4v) is 4.26. The summed E-state index contributed by atoms with van der Waals surface area (Å²) < 4.78 is 7.36. The highest BCUT2D eigenvalue weighted by Gasteiger charge is 2.36. The Balaban J connectivity index is 1.56. The molecule has 1 aliphatic rings. The van der Waals surface area contributed by atoms with Crippen LogP contribution in [0.1, 0.15) is 22.7 Å². The number of nitrogens with zero attached hydrogens (tertiary/aromatic N) is 2. The van der Waals surface area contributed by atoms with E-state index in [0.29, 0.717) is 5.76 Å². The number of imide groups is 2. The molecule has 0 radical (unpaired) electrons. The molecule has 0 bridgehead atoms. The van der Waals surface area contributed by atoms with Crippen molar-refractivity contribution in [1.82, 2.24) is 14.8 Å².